The first kappa shape index (κ1) is 18.5. The van der Waals surface area contributed by atoms with Crippen molar-refractivity contribution in [1.82, 2.24) is 9.80 Å². The summed E-state index contributed by atoms with van der Waals surface area (Å²) < 4.78 is 0. The third kappa shape index (κ3) is 3.39. The SMILES string of the molecule is O=C(CCc1ccc(Cl)c(Cl)c1)N1CC(N2C(=O)C3CC=CCC3C2=O)C1. The Labute approximate surface area is 167 Å². The summed E-state index contributed by atoms with van der Waals surface area (Å²) in [5.74, 6) is -0.524. The van der Waals surface area contributed by atoms with Crippen LogP contribution in [0.4, 0.5) is 0 Å². The molecule has 0 N–H and O–H groups in total. The van der Waals surface area contributed by atoms with Crippen LogP contribution >= 0.6 is 23.2 Å². The molecule has 2 unspecified atom stereocenters. The highest BCUT2D eigenvalue weighted by atomic mass is 35.5. The Morgan fingerprint density at radius 2 is 1.63 bits per heavy atom. The second kappa shape index (κ2) is 7.28. The molecule has 0 saturated carbocycles. The molecule has 3 amide bonds. The highest BCUT2D eigenvalue weighted by Crippen LogP contribution is 2.37. The molecule has 0 aromatic heterocycles. The standard InChI is InChI=1S/C20H20Cl2N2O3/c21-16-7-5-12(9-17(16)22)6-8-18(25)23-10-13(11-23)24-19(26)14-3-1-2-4-15(14)20(24)27/h1-2,5,7,9,13-15H,3-4,6,8,10-11H2. The fourth-order valence-corrected chi connectivity index (χ4v) is 4.43. The van der Waals surface area contributed by atoms with E-state index in [-0.39, 0.29) is 35.6 Å². The average molecular weight is 407 g/mol. The quantitative estimate of drug-likeness (QED) is 0.570. The molecule has 1 aliphatic carbocycles. The molecular formula is C20H20Cl2N2O3. The van der Waals surface area contributed by atoms with E-state index in [0.29, 0.717) is 48.8 Å². The predicted molar refractivity (Wildman–Crippen MR) is 102 cm³/mol. The van der Waals surface area contributed by atoms with Crippen molar-refractivity contribution in [3.05, 3.63) is 46.0 Å². The number of halogens is 2. The van der Waals surface area contributed by atoms with Crippen molar-refractivity contribution >= 4 is 40.9 Å². The molecule has 2 fully saturated rings. The van der Waals surface area contributed by atoms with E-state index in [4.69, 9.17) is 23.2 Å². The van der Waals surface area contributed by atoms with Crippen LogP contribution in [0.1, 0.15) is 24.8 Å². The average Bonchev–Trinajstić information content (AvgIpc) is 2.87. The van der Waals surface area contributed by atoms with E-state index in [2.05, 4.69) is 0 Å². The second-order valence-electron chi connectivity index (χ2n) is 7.40. The zero-order valence-electron chi connectivity index (χ0n) is 14.7. The highest BCUT2D eigenvalue weighted by Gasteiger charge is 2.52. The van der Waals surface area contributed by atoms with Gasteiger partial charge in [0.15, 0.2) is 0 Å². The maximum Gasteiger partial charge on any atom is 0.233 e. The van der Waals surface area contributed by atoms with Gasteiger partial charge >= 0.3 is 0 Å². The van der Waals surface area contributed by atoms with Gasteiger partial charge in [-0.05, 0) is 37.0 Å². The molecule has 3 aliphatic rings. The van der Waals surface area contributed by atoms with Gasteiger partial charge in [0.05, 0.1) is 27.9 Å². The molecule has 2 atom stereocenters. The normalized spacial score (nSPS) is 25.0. The van der Waals surface area contributed by atoms with E-state index < -0.39 is 0 Å². The molecule has 0 bridgehead atoms. The molecule has 2 aliphatic heterocycles. The van der Waals surface area contributed by atoms with Gasteiger partial charge in [-0.2, -0.15) is 0 Å². The van der Waals surface area contributed by atoms with Gasteiger partial charge in [-0.1, -0.05) is 41.4 Å². The molecule has 1 aromatic carbocycles. The van der Waals surface area contributed by atoms with Crippen LogP contribution < -0.4 is 0 Å². The van der Waals surface area contributed by atoms with Crippen molar-refractivity contribution in [3.8, 4) is 0 Å². The van der Waals surface area contributed by atoms with E-state index in [1.165, 1.54) is 4.90 Å². The lowest BCUT2D eigenvalue weighted by molar-refractivity contribution is -0.152. The van der Waals surface area contributed by atoms with Gasteiger partial charge in [0.1, 0.15) is 0 Å². The molecule has 4 rings (SSSR count). The number of allylic oxidation sites excluding steroid dienone is 2. The smallest absolute Gasteiger partial charge is 0.233 e. The summed E-state index contributed by atoms with van der Waals surface area (Å²) in [5.41, 5.74) is 0.955. The number of imide groups is 1. The maximum atomic E-state index is 12.6. The first-order valence-electron chi connectivity index (χ1n) is 9.19. The Morgan fingerprint density at radius 3 is 2.22 bits per heavy atom. The lowest BCUT2D eigenvalue weighted by Crippen LogP contribution is -2.62. The van der Waals surface area contributed by atoms with Crippen LogP contribution in [0.25, 0.3) is 0 Å². The first-order valence-corrected chi connectivity index (χ1v) is 9.95. The van der Waals surface area contributed by atoms with Gasteiger partial charge in [-0.3, -0.25) is 19.3 Å². The minimum Gasteiger partial charge on any atom is -0.338 e. The Hall–Kier alpha value is -1.85. The van der Waals surface area contributed by atoms with Crippen molar-refractivity contribution in [2.24, 2.45) is 11.8 Å². The number of hydrogen-bond donors (Lipinski definition) is 0. The van der Waals surface area contributed by atoms with Crippen molar-refractivity contribution in [2.75, 3.05) is 13.1 Å². The Kier molecular flexibility index (Phi) is 4.99. The molecule has 0 radical (unpaired) electrons. The van der Waals surface area contributed by atoms with Crippen LogP contribution in [-0.2, 0) is 20.8 Å². The van der Waals surface area contributed by atoms with Crippen LogP contribution in [-0.4, -0.2) is 46.7 Å². The minimum absolute atomic E-state index is 0.0236. The lowest BCUT2D eigenvalue weighted by Gasteiger charge is -2.43. The van der Waals surface area contributed by atoms with Gasteiger partial charge < -0.3 is 4.90 Å². The van der Waals surface area contributed by atoms with Gasteiger partial charge in [-0.15, -0.1) is 0 Å². The fourth-order valence-electron chi connectivity index (χ4n) is 4.11. The molecule has 5 nitrogen and oxygen atoms in total. The Bertz CT molecular complexity index is 807. The zero-order chi connectivity index (χ0) is 19.1. The largest absolute Gasteiger partial charge is 0.338 e. The second-order valence-corrected chi connectivity index (χ2v) is 8.22. The number of carbonyl (C=O) groups is 3. The molecule has 1 aromatic rings. The van der Waals surface area contributed by atoms with Gasteiger partial charge in [0.25, 0.3) is 0 Å². The van der Waals surface area contributed by atoms with Crippen molar-refractivity contribution in [2.45, 2.75) is 31.7 Å². The van der Waals surface area contributed by atoms with Crippen LogP contribution in [0, 0.1) is 11.8 Å². The topological polar surface area (TPSA) is 57.7 Å². The van der Waals surface area contributed by atoms with Crippen molar-refractivity contribution < 1.29 is 14.4 Å². The summed E-state index contributed by atoms with van der Waals surface area (Å²) in [6.45, 7) is 0.870. The molecular weight excluding hydrogens is 387 g/mol. The van der Waals surface area contributed by atoms with E-state index in [9.17, 15) is 14.4 Å². The van der Waals surface area contributed by atoms with Gasteiger partial charge in [0, 0.05) is 19.5 Å². The molecule has 142 valence electrons. The molecule has 7 heteroatoms. The number of likely N-dealkylation sites (tertiary alicyclic amines) is 2. The number of amides is 3. The van der Waals surface area contributed by atoms with Gasteiger partial charge in [-0.25, -0.2) is 0 Å². The van der Waals surface area contributed by atoms with E-state index >= 15 is 0 Å². The Balaban J connectivity index is 1.30. The number of nitrogens with zero attached hydrogens (tertiary/aromatic N) is 2. The monoisotopic (exact) mass is 406 g/mol. The van der Waals surface area contributed by atoms with E-state index in [0.717, 1.165) is 5.56 Å². The summed E-state index contributed by atoms with van der Waals surface area (Å²) >= 11 is 11.9. The van der Waals surface area contributed by atoms with Crippen LogP contribution in [0.3, 0.4) is 0 Å². The van der Waals surface area contributed by atoms with Crippen LogP contribution in [0.2, 0.25) is 10.0 Å². The van der Waals surface area contributed by atoms with E-state index in [1.807, 2.05) is 18.2 Å². The molecule has 2 heterocycles. The number of aryl methyl sites for hydroxylation is 1. The maximum absolute atomic E-state index is 12.6. The summed E-state index contributed by atoms with van der Waals surface area (Å²) in [6, 6.07) is 5.18. The summed E-state index contributed by atoms with van der Waals surface area (Å²) in [6.07, 6.45) is 6.19. The molecule has 0 spiro atoms. The third-order valence-corrected chi connectivity index (χ3v) is 6.47. The van der Waals surface area contributed by atoms with Crippen LogP contribution in [0.5, 0.6) is 0 Å². The van der Waals surface area contributed by atoms with Crippen LogP contribution in [0.15, 0.2) is 30.4 Å². The number of hydrogen-bond acceptors (Lipinski definition) is 3. The highest BCUT2D eigenvalue weighted by molar-refractivity contribution is 6.42. The number of rotatable bonds is 4. The third-order valence-electron chi connectivity index (χ3n) is 5.73. The van der Waals surface area contributed by atoms with Gasteiger partial charge in [0.2, 0.25) is 17.7 Å². The lowest BCUT2D eigenvalue weighted by atomic mass is 9.85. The summed E-state index contributed by atoms with van der Waals surface area (Å²) in [7, 11) is 0. The number of carbonyl (C=O) groups excluding carboxylic acids is 3. The summed E-state index contributed by atoms with van der Waals surface area (Å²) in [5, 5.41) is 0.973. The first-order chi connectivity index (χ1) is 13.0. The minimum atomic E-state index is -0.207. The predicted octanol–water partition coefficient (Wildman–Crippen LogP) is 3.09. The fraction of sp³-hybridized carbons (Fsp3) is 0.450. The summed E-state index contributed by atoms with van der Waals surface area (Å²) in [4.78, 5) is 40.7. The number of benzene rings is 1. The molecule has 27 heavy (non-hydrogen) atoms. The van der Waals surface area contributed by atoms with E-state index in [1.54, 1.807) is 17.0 Å². The zero-order valence-corrected chi connectivity index (χ0v) is 16.2. The van der Waals surface area contributed by atoms with Crippen molar-refractivity contribution in [1.29, 1.82) is 0 Å². The number of fused-ring (bicyclic) bond motifs is 1. The van der Waals surface area contributed by atoms with Crippen molar-refractivity contribution in [3.63, 3.8) is 0 Å². The Morgan fingerprint density at radius 1 is 1.00 bits per heavy atom. The molecule has 2 saturated heterocycles.